The molecular weight excluding hydrogens is 304 g/mol. The summed E-state index contributed by atoms with van der Waals surface area (Å²) in [5, 5.41) is 13.8. The van der Waals surface area contributed by atoms with Crippen LogP contribution in [0.4, 0.5) is 5.69 Å². The molecule has 2 heterocycles. The van der Waals surface area contributed by atoms with Crippen LogP contribution >= 0.6 is 11.3 Å². The average Bonchev–Trinajstić information content (AvgIpc) is 2.94. The summed E-state index contributed by atoms with van der Waals surface area (Å²) in [4.78, 5) is 8.98. The fraction of sp³-hybridized carbons (Fsp3) is 0.278. The van der Waals surface area contributed by atoms with Crippen molar-refractivity contribution in [3.8, 4) is 6.07 Å². The Bertz CT molecular complexity index is 843. The van der Waals surface area contributed by atoms with Crippen molar-refractivity contribution in [3.05, 3.63) is 52.3 Å². The first kappa shape index (κ1) is 15.4. The number of nitrogens with one attached hydrogen (secondary N) is 1. The van der Waals surface area contributed by atoms with E-state index in [0.29, 0.717) is 5.56 Å². The first-order valence-electron chi connectivity index (χ1n) is 7.64. The summed E-state index contributed by atoms with van der Waals surface area (Å²) in [6, 6.07) is 12.4. The fourth-order valence-corrected chi connectivity index (χ4v) is 3.61. The van der Waals surface area contributed by atoms with Gasteiger partial charge in [-0.25, -0.2) is 4.98 Å². The average molecular weight is 322 g/mol. The van der Waals surface area contributed by atoms with Gasteiger partial charge in [-0.05, 0) is 38.5 Å². The number of benzene rings is 1. The Morgan fingerprint density at radius 3 is 2.83 bits per heavy atom. The second-order valence-electron chi connectivity index (χ2n) is 5.49. The number of pyridine rings is 1. The molecule has 23 heavy (non-hydrogen) atoms. The van der Waals surface area contributed by atoms with E-state index >= 15 is 0 Å². The van der Waals surface area contributed by atoms with E-state index in [1.807, 2.05) is 32.0 Å². The summed E-state index contributed by atoms with van der Waals surface area (Å²) in [6.07, 6.45) is 1.92. The van der Waals surface area contributed by atoms with E-state index in [0.717, 1.165) is 47.0 Å². The zero-order valence-electron chi connectivity index (χ0n) is 13.3. The maximum atomic E-state index is 9.27. The highest BCUT2D eigenvalue weighted by Gasteiger charge is 2.08. The van der Waals surface area contributed by atoms with Crippen LogP contribution < -0.4 is 5.32 Å². The molecule has 0 aliphatic rings. The SMILES string of the molecule is Cc1cc(NCCCc2nc3ccccc3s2)c(C#N)c(C)n1. The largest absolute Gasteiger partial charge is 0.384 e. The molecule has 1 N–H and O–H groups in total. The maximum absolute atomic E-state index is 9.27. The Balaban J connectivity index is 1.61. The van der Waals surface area contributed by atoms with Crippen molar-refractivity contribution < 1.29 is 0 Å². The molecule has 0 saturated heterocycles. The Labute approximate surface area is 139 Å². The predicted molar refractivity (Wildman–Crippen MR) is 94.9 cm³/mol. The Hall–Kier alpha value is -2.45. The molecule has 0 unspecified atom stereocenters. The number of hydrogen-bond acceptors (Lipinski definition) is 5. The van der Waals surface area contributed by atoms with Gasteiger partial charge in [-0.1, -0.05) is 12.1 Å². The van der Waals surface area contributed by atoms with Crippen LogP contribution in [-0.4, -0.2) is 16.5 Å². The normalized spacial score (nSPS) is 10.7. The monoisotopic (exact) mass is 322 g/mol. The van der Waals surface area contributed by atoms with E-state index in [4.69, 9.17) is 0 Å². The minimum absolute atomic E-state index is 0.635. The summed E-state index contributed by atoms with van der Waals surface area (Å²) < 4.78 is 1.24. The third-order valence-corrected chi connectivity index (χ3v) is 4.76. The lowest BCUT2D eigenvalue weighted by Crippen LogP contribution is -2.06. The Kier molecular flexibility index (Phi) is 4.54. The van der Waals surface area contributed by atoms with Crippen molar-refractivity contribution in [2.45, 2.75) is 26.7 Å². The van der Waals surface area contributed by atoms with Crippen LogP contribution in [0.2, 0.25) is 0 Å². The van der Waals surface area contributed by atoms with Gasteiger partial charge in [0.1, 0.15) is 6.07 Å². The highest BCUT2D eigenvalue weighted by Crippen LogP contribution is 2.23. The van der Waals surface area contributed by atoms with Crippen LogP contribution in [-0.2, 0) is 6.42 Å². The molecule has 2 aromatic heterocycles. The highest BCUT2D eigenvalue weighted by molar-refractivity contribution is 7.18. The van der Waals surface area contributed by atoms with Gasteiger partial charge in [0.15, 0.2) is 0 Å². The number of aromatic nitrogens is 2. The van der Waals surface area contributed by atoms with Crippen LogP contribution in [0.1, 0.15) is 28.4 Å². The molecule has 0 spiro atoms. The van der Waals surface area contributed by atoms with Gasteiger partial charge in [-0.2, -0.15) is 5.26 Å². The van der Waals surface area contributed by atoms with E-state index in [1.165, 1.54) is 4.70 Å². The lowest BCUT2D eigenvalue weighted by Gasteiger charge is -2.10. The van der Waals surface area contributed by atoms with Crippen LogP contribution in [0.15, 0.2) is 30.3 Å². The van der Waals surface area contributed by atoms with Gasteiger partial charge >= 0.3 is 0 Å². The lowest BCUT2D eigenvalue weighted by molar-refractivity contribution is 0.856. The zero-order valence-corrected chi connectivity index (χ0v) is 14.1. The van der Waals surface area contributed by atoms with Crippen molar-refractivity contribution in [2.24, 2.45) is 0 Å². The molecule has 0 fully saturated rings. The molecule has 0 radical (unpaired) electrons. The van der Waals surface area contributed by atoms with Crippen LogP contribution in [0.5, 0.6) is 0 Å². The van der Waals surface area contributed by atoms with Gasteiger partial charge in [0, 0.05) is 18.7 Å². The summed E-state index contributed by atoms with van der Waals surface area (Å²) in [5.74, 6) is 0. The molecule has 0 bridgehead atoms. The first-order chi connectivity index (χ1) is 11.2. The number of nitriles is 1. The topological polar surface area (TPSA) is 61.6 Å². The van der Waals surface area contributed by atoms with Gasteiger partial charge < -0.3 is 5.32 Å². The van der Waals surface area contributed by atoms with Gasteiger partial charge in [0.2, 0.25) is 0 Å². The number of aryl methyl sites for hydroxylation is 3. The third kappa shape index (κ3) is 3.49. The number of para-hydroxylation sites is 1. The fourth-order valence-electron chi connectivity index (χ4n) is 2.60. The molecule has 3 rings (SSSR count). The Morgan fingerprint density at radius 2 is 2.04 bits per heavy atom. The number of anilines is 1. The molecule has 1 aromatic carbocycles. The second-order valence-corrected chi connectivity index (χ2v) is 6.60. The van der Waals surface area contributed by atoms with Gasteiger partial charge in [0.25, 0.3) is 0 Å². The van der Waals surface area contributed by atoms with Gasteiger partial charge in [-0.15, -0.1) is 11.3 Å². The van der Waals surface area contributed by atoms with E-state index in [1.54, 1.807) is 11.3 Å². The van der Waals surface area contributed by atoms with Crippen LogP contribution in [0, 0.1) is 25.2 Å². The number of rotatable bonds is 5. The third-order valence-electron chi connectivity index (χ3n) is 3.66. The first-order valence-corrected chi connectivity index (χ1v) is 8.45. The maximum Gasteiger partial charge on any atom is 0.103 e. The zero-order chi connectivity index (χ0) is 16.2. The smallest absolute Gasteiger partial charge is 0.103 e. The predicted octanol–water partition coefficient (Wildman–Crippen LogP) is 4.22. The van der Waals surface area contributed by atoms with Gasteiger partial charge in [-0.3, -0.25) is 4.98 Å². The molecule has 116 valence electrons. The van der Waals surface area contributed by atoms with Crippen molar-refractivity contribution in [2.75, 3.05) is 11.9 Å². The van der Waals surface area contributed by atoms with Crippen molar-refractivity contribution >= 4 is 27.2 Å². The summed E-state index contributed by atoms with van der Waals surface area (Å²) in [6.45, 7) is 4.63. The molecule has 0 atom stereocenters. The van der Waals surface area contributed by atoms with Crippen LogP contribution in [0.3, 0.4) is 0 Å². The Morgan fingerprint density at radius 1 is 1.22 bits per heavy atom. The number of thiazole rings is 1. The summed E-state index contributed by atoms with van der Waals surface area (Å²) >= 11 is 1.75. The molecule has 0 aliphatic carbocycles. The van der Waals surface area contributed by atoms with Crippen molar-refractivity contribution in [1.82, 2.24) is 9.97 Å². The molecular formula is C18H18N4S. The highest BCUT2D eigenvalue weighted by atomic mass is 32.1. The van der Waals surface area contributed by atoms with E-state index in [9.17, 15) is 5.26 Å². The minimum atomic E-state index is 0.635. The number of nitrogens with zero attached hydrogens (tertiary/aromatic N) is 3. The van der Waals surface area contributed by atoms with Crippen molar-refractivity contribution in [3.63, 3.8) is 0 Å². The molecule has 0 aliphatic heterocycles. The van der Waals surface area contributed by atoms with E-state index in [-0.39, 0.29) is 0 Å². The molecule has 0 saturated carbocycles. The van der Waals surface area contributed by atoms with E-state index in [2.05, 4.69) is 33.5 Å². The summed E-state index contributed by atoms with van der Waals surface area (Å²) in [7, 11) is 0. The second kappa shape index (κ2) is 6.76. The number of fused-ring (bicyclic) bond motifs is 1. The number of hydrogen-bond donors (Lipinski definition) is 1. The quantitative estimate of drug-likeness (QED) is 0.714. The molecule has 0 amide bonds. The van der Waals surface area contributed by atoms with Crippen molar-refractivity contribution in [1.29, 1.82) is 5.26 Å². The molecule has 5 heteroatoms. The summed E-state index contributed by atoms with van der Waals surface area (Å²) in [5.41, 5.74) is 4.29. The minimum Gasteiger partial charge on any atom is -0.384 e. The van der Waals surface area contributed by atoms with E-state index < -0.39 is 0 Å². The van der Waals surface area contributed by atoms with Gasteiger partial charge in [0.05, 0.1) is 32.2 Å². The van der Waals surface area contributed by atoms with Crippen LogP contribution in [0.25, 0.3) is 10.2 Å². The standard InChI is InChI=1S/C18H18N4S/c1-12-10-16(14(11-19)13(2)21-12)20-9-5-8-18-22-15-6-3-4-7-17(15)23-18/h3-4,6-7,10H,5,8-9H2,1-2H3,(H,20,21). The molecule has 3 aromatic rings. The molecule has 4 nitrogen and oxygen atoms in total. The lowest BCUT2D eigenvalue weighted by atomic mass is 10.1.